The van der Waals surface area contributed by atoms with Crippen molar-refractivity contribution in [1.82, 2.24) is 10.2 Å². The molecule has 0 radical (unpaired) electrons. The Labute approximate surface area is 167 Å². The number of rotatable bonds is 4. The molecule has 2 aromatic rings. The zero-order chi connectivity index (χ0) is 19.9. The largest absolute Gasteiger partial charge is 0.343 e. The highest BCUT2D eigenvalue weighted by Crippen LogP contribution is 2.51. The summed E-state index contributed by atoms with van der Waals surface area (Å²) in [6.07, 6.45) is 4.54. The smallest absolute Gasteiger partial charge is 0.252 e. The number of nitrogens with zero attached hydrogens (tertiary/aromatic N) is 2. The minimum Gasteiger partial charge on any atom is -0.343 e. The Hall–Kier alpha value is -2.64. The molecule has 2 bridgehead atoms. The SMILES string of the molecule is Cc1cccc(C)c1C(=O)NC(c1ccc(C#N)cc1)C12CCC(CC1)N2C. The molecule has 0 aliphatic carbocycles. The Morgan fingerprint density at radius 1 is 1.14 bits per heavy atom. The number of nitriles is 1. The Bertz CT molecular complexity index is 913. The lowest BCUT2D eigenvalue weighted by Gasteiger charge is -2.41. The molecule has 4 rings (SSSR count). The van der Waals surface area contributed by atoms with Gasteiger partial charge in [0, 0.05) is 17.1 Å². The molecule has 0 spiro atoms. The molecule has 2 aliphatic heterocycles. The zero-order valence-electron chi connectivity index (χ0n) is 16.8. The van der Waals surface area contributed by atoms with Crippen LogP contribution >= 0.6 is 0 Å². The van der Waals surface area contributed by atoms with Gasteiger partial charge in [-0.2, -0.15) is 5.26 Å². The molecule has 144 valence electrons. The third-order valence-corrected chi connectivity index (χ3v) is 6.97. The third-order valence-electron chi connectivity index (χ3n) is 6.97. The molecule has 1 N–H and O–H groups in total. The minimum atomic E-state index is -0.0933. The normalized spacial score (nSPS) is 24.7. The molecule has 2 aliphatic rings. The first kappa shape index (κ1) is 18.7. The van der Waals surface area contributed by atoms with Gasteiger partial charge in [0.1, 0.15) is 0 Å². The van der Waals surface area contributed by atoms with Crippen LogP contribution in [-0.4, -0.2) is 29.4 Å². The highest BCUT2D eigenvalue weighted by molar-refractivity contribution is 5.97. The van der Waals surface area contributed by atoms with Gasteiger partial charge in [0.05, 0.1) is 17.7 Å². The highest BCUT2D eigenvalue weighted by Gasteiger charge is 2.54. The van der Waals surface area contributed by atoms with Crippen LogP contribution in [0.2, 0.25) is 0 Å². The summed E-state index contributed by atoms with van der Waals surface area (Å²) >= 11 is 0. The predicted molar refractivity (Wildman–Crippen MR) is 110 cm³/mol. The number of hydrogen-bond acceptors (Lipinski definition) is 3. The van der Waals surface area contributed by atoms with Gasteiger partial charge >= 0.3 is 0 Å². The lowest BCUT2D eigenvalue weighted by Crippen LogP contribution is -2.51. The molecule has 1 amide bonds. The second-order valence-electron chi connectivity index (χ2n) is 8.35. The van der Waals surface area contributed by atoms with Crippen LogP contribution in [0.25, 0.3) is 0 Å². The fraction of sp³-hybridized carbons (Fsp3) is 0.417. The Kier molecular flexibility index (Phi) is 4.72. The van der Waals surface area contributed by atoms with Gasteiger partial charge in [0.2, 0.25) is 0 Å². The molecule has 1 unspecified atom stereocenters. The van der Waals surface area contributed by atoms with E-state index < -0.39 is 0 Å². The molecular formula is C24H27N3O. The zero-order valence-corrected chi connectivity index (χ0v) is 16.8. The van der Waals surface area contributed by atoms with Gasteiger partial charge in [-0.25, -0.2) is 0 Å². The average Bonchev–Trinajstić information content (AvgIpc) is 3.19. The van der Waals surface area contributed by atoms with E-state index in [0.29, 0.717) is 11.6 Å². The Balaban J connectivity index is 1.73. The molecule has 0 aromatic heterocycles. The van der Waals surface area contributed by atoms with Crippen LogP contribution in [0, 0.1) is 25.2 Å². The Morgan fingerprint density at radius 3 is 2.25 bits per heavy atom. The van der Waals surface area contributed by atoms with E-state index in [1.165, 1.54) is 12.8 Å². The molecular weight excluding hydrogens is 346 g/mol. The highest BCUT2D eigenvalue weighted by atomic mass is 16.1. The number of benzene rings is 2. The average molecular weight is 374 g/mol. The van der Waals surface area contributed by atoms with E-state index in [1.54, 1.807) is 0 Å². The molecule has 1 atom stereocenters. The number of fused-ring (bicyclic) bond motifs is 2. The summed E-state index contributed by atoms with van der Waals surface area (Å²) in [6.45, 7) is 3.98. The lowest BCUT2D eigenvalue weighted by molar-refractivity contribution is 0.0836. The summed E-state index contributed by atoms with van der Waals surface area (Å²) in [5, 5.41) is 12.5. The van der Waals surface area contributed by atoms with Crippen molar-refractivity contribution in [3.8, 4) is 6.07 Å². The standard InChI is InChI=1S/C24H27N3O/c1-16-5-4-6-17(2)21(16)23(28)26-22(19-9-7-18(15-25)8-10-19)24-13-11-20(12-14-24)27(24)3/h4-10,20,22H,11-14H2,1-3H3,(H,26,28). The van der Waals surface area contributed by atoms with E-state index >= 15 is 0 Å². The number of amides is 1. The fourth-order valence-corrected chi connectivity index (χ4v) is 5.35. The van der Waals surface area contributed by atoms with Crippen molar-refractivity contribution in [2.75, 3.05) is 7.05 Å². The van der Waals surface area contributed by atoms with Gasteiger partial charge < -0.3 is 5.32 Å². The predicted octanol–water partition coefficient (Wildman–Crippen LogP) is 4.27. The number of hydrogen-bond donors (Lipinski definition) is 1. The van der Waals surface area contributed by atoms with Crippen LogP contribution < -0.4 is 5.32 Å². The van der Waals surface area contributed by atoms with Crippen LogP contribution in [0.15, 0.2) is 42.5 Å². The third kappa shape index (κ3) is 2.91. The van der Waals surface area contributed by atoms with E-state index in [1.807, 2.05) is 56.3 Å². The molecule has 28 heavy (non-hydrogen) atoms. The van der Waals surface area contributed by atoms with Crippen molar-refractivity contribution in [2.24, 2.45) is 0 Å². The maximum Gasteiger partial charge on any atom is 0.252 e. The molecule has 2 heterocycles. The van der Waals surface area contributed by atoms with Crippen LogP contribution in [-0.2, 0) is 0 Å². The minimum absolute atomic E-state index is 0.0110. The van der Waals surface area contributed by atoms with E-state index in [0.717, 1.165) is 35.1 Å². The van der Waals surface area contributed by atoms with Crippen molar-refractivity contribution in [3.05, 3.63) is 70.3 Å². The second-order valence-corrected chi connectivity index (χ2v) is 8.35. The summed E-state index contributed by atoms with van der Waals surface area (Å²) in [5.74, 6) is -0.0110. The number of aryl methyl sites for hydroxylation is 2. The maximum atomic E-state index is 13.3. The first-order valence-corrected chi connectivity index (χ1v) is 10.1. The van der Waals surface area contributed by atoms with Crippen molar-refractivity contribution in [2.45, 2.75) is 57.2 Å². The summed E-state index contributed by atoms with van der Waals surface area (Å²) in [6, 6.07) is 16.4. The first-order valence-electron chi connectivity index (χ1n) is 10.1. The molecule has 0 saturated carbocycles. The number of likely N-dealkylation sites (N-methyl/N-ethyl adjacent to an activating group) is 1. The van der Waals surface area contributed by atoms with Crippen LogP contribution in [0.1, 0.15) is 64.3 Å². The molecule has 2 fully saturated rings. The number of carbonyl (C=O) groups is 1. The Morgan fingerprint density at radius 2 is 1.75 bits per heavy atom. The van der Waals surface area contributed by atoms with Crippen molar-refractivity contribution >= 4 is 5.91 Å². The molecule has 4 nitrogen and oxygen atoms in total. The van der Waals surface area contributed by atoms with E-state index in [-0.39, 0.29) is 17.5 Å². The summed E-state index contributed by atoms with van der Waals surface area (Å²) in [5.41, 5.74) is 4.44. The van der Waals surface area contributed by atoms with E-state index in [4.69, 9.17) is 5.26 Å². The van der Waals surface area contributed by atoms with Gasteiger partial charge in [-0.1, -0.05) is 30.3 Å². The first-order chi connectivity index (χ1) is 13.5. The molecule has 2 saturated heterocycles. The van der Waals surface area contributed by atoms with Gasteiger partial charge in [0.25, 0.3) is 5.91 Å². The van der Waals surface area contributed by atoms with Crippen LogP contribution in [0.4, 0.5) is 0 Å². The summed E-state index contributed by atoms with van der Waals surface area (Å²) < 4.78 is 0. The summed E-state index contributed by atoms with van der Waals surface area (Å²) in [4.78, 5) is 15.8. The van der Waals surface area contributed by atoms with Crippen molar-refractivity contribution in [3.63, 3.8) is 0 Å². The monoisotopic (exact) mass is 373 g/mol. The van der Waals surface area contributed by atoms with Gasteiger partial charge in [-0.15, -0.1) is 0 Å². The van der Waals surface area contributed by atoms with Crippen LogP contribution in [0.3, 0.4) is 0 Å². The van der Waals surface area contributed by atoms with Gasteiger partial charge in [-0.05, 0) is 75.4 Å². The fourth-order valence-electron chi connectivity index (χ4n) is 5.35. The molecule has 2 aromatic carbocycles. The maximum absolute atomic E-state index is 13.3. The van der Waals surface area contributed by atoms with E-state index in [9.17, 15) is 4.79 Å². The second kappa shape index (κ2) is 7.07. The number of carbonyl (C=O) groups excluding carboxylic acids is 1. The van der Waals surface area contributed by atoms with E-state index in [2.05, 4.69) is 23.3 Å². The van der Waals surface area contributed by atoms with Crippen molar-refractivity contribution in [1.29, 1.82) is 5.26 Å². The van der Waals surface area contributed by atoms with Crippen LogP contribution in [0.5, 0.6) is 0 Å². The quantitative estimate of drug-likeness (QED) is 0.871. The lowest BCUT2D eigenvalue weighted by atomic mass is 9.78. The topological polar surface area (TPSA) is 56.1 Å². The van der Waals surface area contributed by atoms with Gasteiger partial charge in [-0.3, -0.25) is 9.69 Å². The van der Waals surface area contributed by atoms with Crippen molar-refractivity contribution < 1.29 is 4.79 Å². The molecule has 4 heteroatoms. The number of nitrogens with one attached hydrogen (secondary N) is 1. The summed E-state index contributed by atoms with van der Waals surface area (Å²) in [7, 11) is 2.20. The van der Waals surface area contributed by atoms with Gasteiger partial charge in [0.15, 0.2) is 0 Å².